The number of hydrogen-bond acceptors (Lipinski definition) is 3. The van der Waals surface area contributed by atoms with Gasteiger partial charge in [0.25, 0.3) is 0 Å². The first-order valence-electron chi connectivity index (χ1n) is 5.45. The SMILES string of the molecule is CC(OCCN)c1ccc2c(c1)CC(=O)N2. The second-order valence-corrected chi connectivity index (χ2v) is 3.94. The van der Waals surface area contributed by atoms with E-state index in [1.165, 1.54) is 0 Å². The van der Waals surface area contributed by atoms with E-state index in [1.54, 1.807) is 0 Å². The third kappa shape index (κ3) is 2.23. The molecule has 0 spiro atoms. The summed E-state index contributed by atoms with van der Waals surface area (Å²) < 4.78 is 5.53. The van der Waals surface area contributed by atoms with E-state index in [2.05, 4.69) is 5.32 Å². The molecule has 0 fully saturated rings. The van der Waals surface area contributed by atoms with Crippen LogP contribution in [-0.2, 0) is 16.0 Å². The standard InChI is InChI=1S/C12H16N2O2/c1-8(16-5-4-13)9-2-3-11-10(6-9)7-12(15)14-11/h2-3,6,8H,4-5,7,13H2,1H3,(H,14,15). The maximum atomic E-state index is 11.2. The van der Waals surface area contributed by atoms with Crippen LogP contribution in [0.4, 0.5) is 5.69 Å². The first kappa shape index (κ1) is 11.1. The lowest BCUT2D eigenvalue weighted by molar-refractivity contribution is -0.115. The molecule has 4 nitrogen and oxygen atoms in total. The van der Waals surface area contributed by atoms with Gasteiger partial charge in [-0.05, 0) is 24.1 Å². The van der Waals surface area contributed by atoms with Crippen LogP contribution >= 0.6 is 0 Å². The molecule has 0 aromatic heterocycles. The molecule has 0 radical (unpaired) electrons. The molecule has 1 atom stereocenters. The van der Waals surface area contributed by atoms with Crippen molar-refractivity contribution < 1.29 is 9.53 Å². The van der Waals surface area contributed by atoms with Gasteiger partial charge in [0.15, 0.2) is 0 Å². The maximum absolute atomic E-state index is 11.2. The van der Waals surface area contributed by atoms with Crippen LogP contribution in [0.2, 0.25) is 0 Å². The van der Waals surface area contributed by atoms with Crippen LogP contribution in [-0.4, -0.2) is 19.1 Å². The molecule has 0 saturated heterocycles. The van der Waals surface area contributed by atoms with E-state index < -0.39 is 0 Å². The van der Waals surface area contributed by atoms with Gasteiger partial charge in [-0.1, -0.05) is 12.1 Å². The molecule has 1 aromatic rings. The fraction of sp³-hybridized carbons (Fsp3) is 0.417. The lowest BCUT2D eigenvalue weighted by Gasteiger charge is -2.13. The van der Waals surface area contributed by atoms with Crippen LogP contribution in [0.25, 0.3) is 0 Å². The van der Waals surface area contributed by atoms with Gasteiger partial charge in [0.1, 0.15) is 0 Å². The Kier molecular flexibility index (Phi) is 3.22. The van der Waals surface area contributed by atoms with Gasteiger partial charge in [0, 0.05) is 12.2 Å². The zero-order valence-corrected chi connectivity index (χ0v) is 9.32. The Morgan fingerprint density at radius 2 is 2.38 bits per heavy atom. The number of rotatable bonds is 4. The van der Waals surface area contributed by atoms with Crippen LogP contribution < -0.4 is 11.1 Å². The van der Waals surface area contributed by atoms with Crippen LogP contribution in [0.1, 0.15) is 24.2 Å². The van der Waals surface area contributed by atoms with Crippen molar-refractivity contribution in [3.8, 4) is 0 Å². The quantitative estimate of drug-likeness (QED) is 0.801. The van der Waals surface area contributed by atoms with Crippen molar-refractivity contribution in [3.63, 3.8) is 0 Å². The minimum atomic E-state index is 0.0181. The molecule has 1 unspecified atom stereocenters. The Labute approximate surface area is 94.8 Å². The van der Waals surface area contributed by atoms with Crippen molar-refractivity contribution in [2.24, 2.45) is 5.73 Å². The Bertz CT molecular complexity index is 404. The number of hydrogen-bond donors (Lipinski definition) is 2. The lowest BCUT2D eigenvalue weighted by atomic mass is 10.1. The number of nitrogens with two attached hydrogens (primary N) is 1. The molecule has 86 valence electrons. The highest BCUT2D eigenvalue weighted by atomic mass is 16.5. The van der Waals surface area contributed by atoms with Crippen LogP contribution in [0.3, 0.4) is 0 Å². The van der Waals surface area contributed by atoms with E-state index in [-0.39, 0.29) is 12.0 Å². The average Bonchev–Trinajstić information content (AvgIpc) is 2.64. The van der Waals surface area contributed by atoms with E-state index >= 15 is 0 Å². The van der Waals surface area contributed by atoms with E-state index in [0.717, 1.165) is 16.8 Å². The highest BCUT2D eigenvalue weighted by Gasteiger charge is 2.18. The van der Waals surface area contributed by atoms with Crippen LogP contribution in [0, 0.1) is 0 Å². The molecule has 0 saturated carbocycles. The topological polar surface area (TPSA) is 64.3 Å². The minimum absolute atomic E-state index is 0.0181. The molecule has 1 heterocycles. The molecule has 0 aliphatic carbocycles. The second kappa shape index (κ2) is 4.63. The summed E-state index contributed by atoms with van der Waals surface area (Å²) in [6.45, 7) is 3.06. The number of carbonyl (C=O) groups is 1. The fourth-order valence-corrected chi connectivity index (χ4v) is 1.84. The summed E-state index contributed by atoms with van der Waals surface area (Å²) in [4.78, 5) is 11.2. The molecular weight excluding hydrogens is 204 g/mol. The van der Waals surface area contributed by atoms with E-state index in [1.807, 2.05) is 25.1 Å². The number of fused-ring (bicyclic) bond motifs is 1. The summed E-state index contributed by atoms with van der Waals surface area (Å²) in [6.07, 6.45) is 0.483. The third-order valence-electron chi connectivity index (χ3n) is 2.71. The summed E-state index contributed by atoms with van der Waals surface area (Å²) in [6, 6.07) is 5.93. The van der Waals surface area contributed by atoms with Crippen LogP contribution in [0.5, 0.6) is 0 Å². The van der Waals surface area contributed by atoms with Gasteiger partial charge in [-0.3, -0.25) is 4.79 Å². The van der Waals surface area contributed by atoms with Gasteiger partial charge in [-0.15, -0.1) is 0 Å². The first-order chi connectivity index (χ1) is 7.70. The number of ether oxygens (including phenoxy) is 1. The van der Waals surface area contributed by atoms with Gasteiger partial charge in [-0.2, -0.15) is 0 Å². The average molecular weight is 220 g/mol. The fourth-order valence-electron chi connectivity index (χ4n) is 1.84. The first-order valence-corrected chi connectivity index (χ1v) is 5.45. The summed E-state index contributed by atoms with van der Waals surface area (Å²) in [5.41, 5.74) is 8.43. The third-order valence-corrected chi connectivity index (χ3v) is 2.71. The number of anilines is 1. The number of benzene rings is 1. The summed E-state index contributed by atoms with van der Waals surface area (Å²) in [5.74, 6) is 0.0580. The van der Waals surface area contributed by atoms with E-state index in [9.17, 15) is 4.79 Å². The molecule has 1 aliphatic rings. The minimum Gasteiger partial charge on any atom is -0.373 e. The molecule has 3 N–H and O–H groups in total. The molecule has 1 aromatic carbocycles. The summed E-state index contributed by atoms with van der Waals surface area (Å²) in [7, 11) is 0. The summed E-state index contributed by atoms with van der Waals surface area (Å²) in [5, 5.41) is 2.81. The normalized spacial score (nSPS) is 15.8. The van der Waals surface area contributed by atoms with Gasteiger partial charge in [-0.25, -0.2) is 0 Å². The predicted molar refractivity (Wildman–Crippen MR) is 62.2 cm³/mol. The monoisotopic (exact) mass is 220 g/mol. The largest absolute Gasteiger partial charge is 0.373 e. The lowest BCUT2D eigenvalue weighted by Crippen LogP contribution is -2.10. The number of amides is 1. The maximum Gasteiger partial charge on any atom is 0.228 e. The smallest absolute Gasteiger partial charge is 0.228 e. The van der Waals surface area contributed by atoms with Gasteiger partial charge in [0.05, 0.1) is 19.1 Å². The molecule has 1 aliphatic heterocycles. The van der Waals surface area contributed by atoms with Crippen LogP contribution in [0.15, 0.2) is 18.2 Å². The van der Waals surface area contributed by atoms with Crippen molar-refractivity contribution in [2.75, 3.05) is 18.5 Å². The van der Waals surface area contributed by atoms with Gasteiger partial charge >= 0.3 is 0 Å². The molecule has 1 amide bonds. The highest BCUT2D eigenvalue weighted by Crippen LogP contribution is 2.27. The molecule has 0 bridgehead atoms. The van der Waals surface area contributed by atoms with Crippen molar-refractivity contribution in [3.05, 3.63) is 29.3 Å². The zero-order valence-electron chi connectivity index (χ0n) is 9.32. The van der Waals surface area contributed by atoms with Crippen molar-refractivity contribution >= 4 is 11.6 Å². The zero-order chi connectivity index (χ0) is 11.5. The Morgan fingerprint density at radius 3 is 3.12 bits per heavy atom. The Hall–Kier alpha value is -1.39. The number of nitrogens with one attached hydrogen (secondary N) is 1. The van der Waals surface area contributed by atoms with E-state index in [4.69, 9.17) is 10.5 Å². The Balaban J connectivity index is 2.12. The molecule has 4 heteroatoms. The van der Waals surface area contributed by atoms with E-state index in [0.29, 0.717) is 19.6 Å². The molecule has 16 heavy (non-hydrogen) atoms. The Morgan fingerprint density at radius 1 is 1.56 bits per heavy atom. The number of carbonyl (C=O) groups excluding carboxylic acids is 1. The predicted octanol–water partition coefficient (Wildman–Crippen LogP) is 1.22. The molecule has 2 rings (SSSR count). The van der Waals surface area contributed by atoms with Gasteiger partial charge in [0.2, 0.25) is 5.91 Å². The molecular formula is C12H16N2O2. The summed E-state index contributed by atoms with van der Waals surface area (Å²) >= 11 is 0. The highest BCUT2D eigenvalue weighted by molar-refractivity contribution is 5.99. The second-order valence-electron chi connectivity index (χ2n) is 3.94. The van der Waals surface area contributed by atoms with Crippen molar-refractivity contribution in [2.45, 2.75) is 19.4 Å². The van der Waals surface area contributed by atoms with Crippen molar-refractivity contribution in [1.82, 2.24) is 0 Å². The van der Waals surface area contributed by atoms with Crippen molar-refractivity contribution in [1.29, 1.82) is 0 Å². The van der Waals surface area contributed by atoms with Gasteiger partial charge < -0.3 is 15.8 Å².